The number of hydrogen-bond acceptors (Lipinski definition) is 10. The zero-order valence-electron chi connectivity index (χ0n) is 15.1. The lowest BCUT2D eigenvalue weighted by molar-refractivity contribution is -0.384. The first kappa shape index (κ1) is 21.0. The van der Waals surface area contributed by atoms with Crippen molar-refractivity contribution in [2.75, 3.05) is 20.3 Å². The Morgan fingerprint density at radius 3 is 2.56 bits per heavy atom. The van der Waals surface area contributed by atoms with E-state index in [0.717, 1.165) is 0 Å². The summed E-state index contributed by atoms with van der Waals surface area (Å²) in [5.41, 5.74) is 5.47. The van der Waals surface area contributed by atoms with Gasteiger partial charge in [0.05, 0.1) is 25.2 Å². The van der Waals surface area contributed by atoms with E-state index in [4.69, 9.17) is 9.05 Å². The van der Waals surface area contributed by atoms with Crippen molar-refractivity contribution < 1.29 is 28.1 Å². The van der Waals surface area contributed by atoms with Gasteiger partial charge in [-0.3, -0.25) is 25.1 Å². The van der Waals surface area contributed by atoms with Gasteiger partial charge in [-0.25, -0.2) is 10.2 Å². The number of aliphatic imine (C=N–C) groups is 1. The molecule has 0 fully saturated rings. The highest BCUT2D eigenvalue weighted by Gasteiger charge is 2.45. The summed E-state index contributed by atoms with van der Waals surface area (Å²) in [6.07, 6.45) is 0. The quantitative estimate of drug-likeness (QED) is 0.290. The molecule has 2 rings (SSSR count). The van der Waals surface area contributed by atoms with E-state index in [1.54, 1.807) is 19.9 Å². The number of nitro groups is 1. The Hall–Kier alpha value is -2.33. The van der Waals surface area contributed by atoms with E-state index in [0.29, 0.717) is 5.56 Å². The molecule has 12 heteroatoms. The fraction of sp³-hybridized carbons (Fsp3) is 0.467. The van der Waals surface area contributed by atoms with Crippen molar-refractivity contribution in [3.63, 3.8) is 0 Å². The fourth-order valence-electron chi connectivity index (χ4n) is 2.55. The van der Waals surface area contributed by atoms with Crippen LogP contribution in [0, 0.1) is 10.1 Å². The summed E-state index contributed by atoms with van der Waals surface area (Å²) >= 11 is 0. The zero-order valence-corrected chi connectivity index (χ0v) is 16.0. The molecule has 0 radical (unpaired) electrons. The summed E-state index contributed by atoms with van der Waals surface area (Å²) in [6, 6.07) is 4.72. The predicted molar refractivity (Wildman–Crippen MR) is 96.2 cm³/mol. The van der Waals surface area contributed by atoms with Crippen LogP contribution in [-0.4, -0.2) is 42.8 Å². The molecule has 1 aromatic rings. The zero-order chi connectivity index (χ0) is 20.0. The lowest BCUT2D eigenvalue weighted by Gasteiger charge is -2.34. The third kappa shape index (κ3) is 4.69. The van der Waals surface area contributed by atoms with Gasteiger partial charge in [-0.2, -0.15) is 0 Å². The van der Waals surface area contributed by atoms with Gasteiger partial charge in [0.2, 0.25) is 5.84 Å². The van der Waals surface area contributed by atoms with Crippen molar-refractivity contribution in [1.82, 2.24) is 10.9 Å². The molecule has 11 nitrogen and oxygen atoms in total. The van der Waals surface area contributed by atoms with Gasteiger partial charge in [-0.15, -0.1) is 0 Å². The summed E-state index contributed by atoms with van der Waals surface area (Å²) < 4.78 is 28.6. The second kappa shape index (κ2) is 9.05. The van der Waals surface area contributed by atoms with Gasteiger partial charge in [-0.1, -0.05) is 12.1 Å². The predicted octanol–water partition coefficient (Wildman–Crippen LogP) is 1.91. The third-order valence-corrected chi connectivity index (χ3v) is 5.99. The Morgan fingerprint density at radius 1 is 1.33 bits per heavy atom. The number of nitrogens with one attached hydrogen (secondary N) is 2. The Labute approximate surface area is 155 Å². The SMILES string of the molecule is CCOP(=O)(OCC)[C@@H]1NNC(C(=O)OC)=N[C@H]1c1cccc([N+](=O)[O-])c1. The van der Waals surface area contributed by atoms with Crippen LogP contribution >= 0.6 is 7.60 Å². The second-order valence-electron chi connectivity index (χ2n) is 5.36. The molecule has 0 bridgehead atoms. The van der Waals surface area contributed by atoms with E-state index < -0.39 is 30.3 Å². The number of carbonyl (C=O) groups excluding carboxylic acids is 1. The number of non-ortho nitro benzene ring substituents is 1. The van der Waals surface area contributed by atoms with Crippen molar-refractivity contribution in [3.8, 4) is 0 Å². The van der Waals surface area contributed by atoms with Crippen LogP contribution in [0.2, 0.25) is 0 Å². The summed E-state index contributed by atoms with van der Waals surface area (Å²) in [5, 5.41) is 11.1. The Bertz CT molecular complexity index is 775. The van der Waals surface area contributed by atoms with Crippen molar-refractivity contribution >= 4 is 25.1 Å². The van der Waals surface area contributed by atoms with Crippen LogP contribution in [0.3, 0.4) is 0 Å². The van der Waals surface area contributed by atoms with Gasteiger partial charge in [-0.05, 0) is 19.4 Å². The van der Waals surface area contributed by atoms with Gasteiger partial charge >= 0.3 is 13.6 Å². The van der Waals surface area contributed by atoms with Crippen LogP contribution in [0.5, 0.6) is 0 Å². The van der Waals surface area contributed by atoms with Crippen LogP contribution < -0.4 is 10.9 Å². The number of methoxy groups -OCH3 is 1. The molecule has 1 aliphatic rings. The summed E-state index contributed by atoms with van der Waals surface area (Å²) in [4.78, 5) is 26.6. The Morgan fingerprint density at radius 2 is 2.00 bits per heavy atom. The molecule has 2 N–H and O–H groups in total. The van der Waals surface area contributed by atoms with E-state index >= 15 is 0 Å². The number of hydrogen-bond donors (Lipinski definition) is 2. The van der Waals surface area contributed by atoms with E-state index in [9.17, 15) is 19.5 Å². The first-order valence-corrected chi connectivity index (χ1v) is 9.78. The van der Waals surface area contributed by atoms with Crippen LogP contribution in [0.1, 0.15) is 25.5 Å². The number of carbonyl (C=O) groups is 1. The molecule has 0 saturated heterocycles. The molecule has 1 aliphatic heterocycles. The fourth-order valence-corrected chi connectivity index (χ4v) is 4.48. The maximum absolute atomic E-state index is 13.3. The standard InChI is InChI=1S/C15H21N4O7P/c1-4-25-27(23,26-5-2)14-12(16-13(17-18-14)15(20)24-3)10-7-6-8-11(9-10)19(21)22/h6-9,12,14,18H,4-5H2,1-3H3,(H,16,17)/t12-,14-/m0/s1. The van der Waals surface area contributed by atoms with Crippen LogP contribution in [0.25, 0.3) is 0 Å². The van der Waals surface area contributed by atoms with E-state index in [2.05, 4.69) is 20.6 Å². The van der Waals surface area contributed by atoms with Crippen LogP contribution in [0.15, 0.2) is 29.3 Å². The first-order valence-electron chi connectivity index (χ1n) is 8.17. The Balaban J connectivity index is 2.54. The maximum Gasteiger partial charge on any atom is 0.374 e. The normalized spacial score (nSPS) is 19.7. The topological polar surface area (TPSA) is 141 Å². The lowest BCUT2D eigenvalue weighted by Crippen LogP contribution is -2.53. The van der Waals surface area contributed by atoms with Gasteiger partial charge in [0.1, 0.15) is 6.04 Å². The van der Waals surface area contributed by atoms with Gasteiger partial charge < -0.3 is 13.8 Å². The number of nitro benzene ring substituents is 1. The molecule has 0 unspecified atom stereocenters. The molecule has 27 heavy (non-hydrogen) atoms. The molecule has 148 valence electrons. The summed E-state index contributed by atoms with van der Waals surface area (Å²) in [7, 11) is -2.54. The molecular weight excluding hydrogens is 379 g/mol. The number of esters is 1. The number of rotatable bonds is 8. The summed E-state index contributed by atoms with van der Waals surface area (Å²) in [5.74, 6) is -1.93. The number of hydrazine groups is 1. The molecule has 0 saturated carbocycles. The first-order chi connectivity index (χ1) is 12.9. The second-order valence-corrected chi connectivity index (χ2v) is 7.51. The molecular formula is C15H21N4O7P. The van der Waals surface area contributed by atoms with Gasteiger partial charge in [0.25, 0.3) is 5.69 Å². The van der Waals surface area contributed by atoms with Crippen molar-refractivity contribution in [1.29, 1.82) is 0 Å². The number of amidine groups is 1. The lowest BCUT2D eigenvalue weighted by atomic mass is 10.1. The van der Waals surface area contributed by atoms with E-state index in [-0.39, 0.29) is 24.7 Å². The minimum Gasteiger partial charge on any atom is -0.463 e. The Kier molecular flexibility index (Phi) is 7.03. The molecule has 1 heterocycles. The highest BCUT2D eigenvalue weighted by atomic mass is 31.2. The number of benzene rings is 1. The molecule has 0 spiro atoms. The van der Waals surface area contributed by atoms with E-state index in [1.165, 1.54) is 25.3 Å². The van der Waals surface area contributed by atoms with E-state index in [1.807, 2.05) is 0 Å². The maximum atomic E-state index is 13.3. The summed E-state index contributed by atoms with van der Waals surface area (Å²) in [6.45, 7) is 3.55. The van der Waals surface area contributed by atoms with Crippen molar-refractivity contribution in [3.05, 3.63) is 39.9 Å². The monoisotopic (exact) mass is 400 g/mol. The molecule has 0 aliphatic carbocycles. The van der Waals surface area contributed by atoms with Crippen molar-refractivity contribution in [2.45, 2.75) is 25.7 Å². The molecule has 0 amide bonds. The minimum absolute atomic E-state index is 0.116. The molecule has 1 aromatic carbocycles. The van der Waals surface area contributed by atoms with Crippen LogP contribution in [0.4, 0.5) is 5.69 Å². The average molecular weight is 400 g/mol. The van der Waals surface area contributed by atoms with Crippen molar-refractivity contribution in [2.24, 2.45) is 4.99 Å². The minimum atomic E-state index is -3.72. The smallest absolute Gasteiger partial charge is 0.374 e. The van der Waals surface area contributed by atoms with Gasteiger partial charge in [0, 0.05) is 12.1 Å². The van der Waals surface area contributed by atoms with Crippen LogP contribution in [-0.2, 0) is 23.1 Å². The number of ether oxygens (including phenoxy) is 1. The average Bonchev–Trinajstić information content (AvgIpc) is 2.67. The highest BCUT2D eigenvalue weighted by molar-refractivity contribution is 7.54. The molecule has 2 atom stereocenters. The number of nitrogens with zero attached hydrogens (tertiary/aromatic N) is 2. The highest BCUT2D eigenvalue weighted by Crippen LogP contribution is 2.56. The largest absolute Gasteiger partial charge is 0.463 e. The third-order valence-electron chi connectivity index (χ3n) is 3.67. The molecule has 0 aromatic heterocycles. The van der Waals surface area contributed by atoms with Gasteiger partial charge in [0.15, 0.2) is 5.78 Å².